The molecule has 0 aliphatic carbocycles. The number of halogens is 1. The van der Waals surface area contributed by atoms with Gasteiger partial charge in [-0.2, -0.15) is 0 Å². The summed E-state index contributed by atoms with van der Waals surface area (Å²) in [5.74, 6) is -0.891. The lowest BCUT2D eigenvalue weighted by Crippen LogP contribution is -2.54. The third kappa shape index (κ3) is 3.19. The van der Waals surface area contributed by atoms with Crippen molar-refractivity contribution in [2.45, 2.75) is 13.8 Å². The summed E-state index contributed by atoms with van der Waals surface area (Å²) in [7, 11) is 0. The van der Waals surface area contributed by atoms with E-state index in [0.29, 0.717) is 5.69 Å². The summed E-state index contributed by atoms with van der Waals surface area (Å²) in [6, 6.07) is 9.49. The topological polar surface area (TPSA) is 49.4 Å². The number of nitrogens with zero attached hydrogens (tertiary/aromatic N) is 1. The monoisotopic (exact) mass is 420 g/mol. The maximum Gasteiger partial charge on any atom is 0.270 e. The Bertz CT molecular complexity index is 902. The highest BCUT2D eigenvalue weighted by Crippen LogP contribution is 2.28. The molecule has 0 radical (unpaired) electrons. The van der Waals surface area contributed by atoms with E-state index in [0.717, 1.165) is 19.8 Å². The summed E-state index contributed by atoms with van der Waals surface area (Å²) in [6.07, 6.45) is 1.59. The minimum Gasteiger partial charge on any atom is -0.298 e. The van der Waals surface area contributed by atoms with Gasteiger partial charge in [-0.3, -0.25) is 19.8 Å². The maximum atomic E-state index is 12.9. The van der Waals surface area contributed by atoms with Crippen LogP contribution in [-0.4, -0.2) is 16.9 Å². The van der Waals surface area contributed by atoms with Gasteiger partial charge in [0.25, 0.3) is 11.8 Å². The zero-order valence-corrected chi connectivity index (χ0v) is 16.1. The molecule has 122 valence electrons. The Hall–Kier alpha value is -1.83. The lowest BCUT2D eigenvalue weighted by atomic mass is 10.1. The number of hydrogen-bond donors (Lipinski definition) is 1. The van der Waals surface area contributed by atoms with Crippen LogP contribution in [0.25, 0.3) is 6.08 Å². The molecular weight excluding hydrogens is 408 g/mol. The van der Waals surface area contributed by atoms with Crippen LogP contribution >= 0.6 is 39.5 Å². The summed E-state index contributed by atoms with van der Waals surface area (Å²) in [5.41, 5.74) is 2.67. The fourth-order valence-electron chi connectivity index (χ4n) is 2.38. The molecule has 1 aromatic heterocycles. The third-order valence-electron chi connectivity index (χ3n) is 3.59. The molecule has 2 aromatic rings. The van der Waals surface area contributed by atoms with E-state index in [1.807, 2.05) is 44.2 Å². The first-order valence-corrected chi connectivity index (χ1v) is 9.12. The molecule has 24 heavy (non-hydrogen) atoms. The van der Waals surface area contributed by atoms with Crippen LogP contribution in [0.5, 0.6) is 0 Å². The highest BCUT2D eigenvalue weighted by atomic mass is 79.9. The molecule has 1 saturated heterocycles. The standard InChI is InChI=1S/C17H13BrN2O2S2/c1-9-3-4-10(2)13(7-9)20-16(22)12(15(21)19-17(20)23)8-11-5-6-14(18)24-11/h3-8H,1-2H3,(H,19,21,23)/b12-8+. The normalized spacial score (nSPS) is 16.7. The molecule has 2 heterocycles. The zero-order chi connectivity index (χ0) is 17.4. The van der Waals surface area contributed by atoms with Gasteiger partial charge in [0.2, 0.25) is 0 Å². The molecule has 0 saturated carbocycles. The van der Waals surface area contributed by atoms with Crippen LogP contribution in [0.2, 0.25) is 0 Å². The molecule has 4 nitrogen and oxygen atoms in total. The van der Waals surface area contributed by atoms with Crippen molar-refractivity contribution in [2.75, 3.05) is 4.90 Å². The number of amides is 2. The summed E-state index contributed by atoms with van der Waals surface area (Å²) >= 11 is 10.0. The number of thiocarbonyl (C=S) groups is 1. The number of carbonyl (C=O) groups excluding carboxylic acids is 2. The number of hydrogen-bond acceptors (Lipinski definition) is 4. The van der Waals surface area contributed by atoms with E-state index in [1.54, 1.807) is 6.08 Å². The van der Waals surface area contributed by atoms with E-state index >= 15 is 0 Å². The second kappa shape index (κ2) is 6.58. The van der Waals surface area contributed by atoms with Crippen molar-refractivity contribution >= 4 is 68.2 Å². The van der Waals surface area contributed by atoms with Crippen LogP contribution < -0.4 is 10.2 Å². The lowest BCUT2D eigenvalue weighted by molar-refractivity contribution is -0.122. The lowest BCUT2D eigenvalue weighted by Gasteiger charge is -2.30. The van der Waals surface area contributed by atoms with Gasteiger partial charge in [0, 0.05) is 4.88 Å². The van der Waals surface area contributed by atoms with Gasteiger partial charge in [0.15, 0.2) is 5.11 Å². The van der Waals surface area contributed by atoms with Crippen molar-refractivity contribution in [3.8, 4) is 0 Å². The van der Waals surface area contributed by atoms with E-state index < -0.39 is 11.8 Å². The first-order chi connectivity index (χ1) is 11.4. The molecule has 1 aliphatic heterocycles. The molecular formula is C17H13BrN2O2S2. The predicted molar refractivity (Wildman–Crippen MR) is 104 cm³/mol. The van der Waals surface area contributed by atoms with Gasteiger partial charge in [-0.25, -0.2) is 0 Å². The highest BCUT2D eigenvalue weighted by Gasteiger charge is 2.35. The highest BCUT2D eigenvalue weighted by molar-refractivity contribution is 9.11. The number of carbonyl (C=O) groups is 2. The first-order valence-electron chi connectivity index (χ1n) is 7.11. The molecule has 1 aromatic carbocycles. The molecule has 1 aliphatic rings. The Morgan fingerprint density at radius 3 is 2.62 bits per heavy atom. The number of aryl methyl sites for hydroxylation is 2. The number of benzene rings is 1. The van der Waals surface area contributed by atoms with Crippen molar-refractivity contribution in [2.24, 2.45) is 0 Å². The molecule has 0 spiro atoms. The number of rotatable bonds is 2. The van der Waals surface area contributed by atoms with E-state index in [2.05, 4.69) is 21.2 Å². The SMILES string of the molecule is Cc1ccc(C)c(N2C(=O)/C(=C/c3ccc(Br)s3)C(=O)NC2=S)c1. The second-order valence-corrected chi connectivity index (χ2v) is 8.27. The Morgan fingerprint density at radius 2 is 1.96 bits per heavy atom. The smallest absolute Gasteiger partial charge is 0.270 e. The summed E-state index contributed by atoms with van der Waals surface area (Å²) < 4.78 is 0.930. The van der Waals surface area contributed by atoms with Gasteiger partial charge in [0.1, 0.15) is 5.57 Å². The van der Waals surface area contributed by atoms with Crippen molar-refractivity contribution in [1.29, 1.82) is 0 Å². The van der Waals surface area contributed by atoms with Gasteiger partial charge >= 0.3 is 0 Å². The fraction of sp³-hybridized carbons (Fsp3) is 0.118. The second-order valence-electron chi connectivity index (χ2n) is 5.39. The van der Waals surface area contributed by atoms with Crippen molar-refractivity contribution in [3.05, 3.63) is 55.7 Å². The molecule has 1 N–H and O–H groups in total. The number of thiophene rings is 1. The zero-order valence-electron chi connectivity index (χ0n) is 12.9. The van der Waals surface area contributed by atoms with Gasteiger partial charge in [0.05, 0.1) is 9.47 Å². The maximum absolute atomic E-state index is 12.9. The van der Waals surface area contributed by atoms with Gasteiger partial charge < -0.3 is 0 Å². The molecule has 0 bridgehead atoms. The summed E-state index contributed by atoms with van der Waals surface area (Å²) in [5, 5.41) is 2.70. The van der Waals surface area contributed by atoms with E-state index in [1.165, 1.54) is 16.2 Å². The van der Waals surface area contributed by atoms with Crippen LogP contribution in [0.4, 0.5) is 5.69 Å². The summed E-state index contributed by atoms with van der Waals surface area (Å²) in [4.78, 5) is 27.4. The largest absolute Gasteiger partial charge is 0.298 e. The number of anilines is 1. The van der Waals surface area contributed by atoms with Crippen molar-refractivity contribution < 1.29 is 9.59 Å². The van der Waals surface area contributed by atoms with E-state index in [4.69, 9.17) is 12.2 Å². The summed E-state index contributed by atoms with van der Waals surface area (Å²) in [6.45, 7) is 3.85. The van der Waals surface area contributed by atoms with Crippen molar-refractivity contribution in [1.82, 2.24) is 5.32 Å². The average molecular weight is 421 g/mol. The van der Waals surface area contributed by atoms with Crippen LogP contribution in [0.1, 0.15) is 16.0 Å². The molecule has 0 unspecified atom stereocenters. The Morgan fingerprint density at radius 1 is 1.21 bits per heavy atom. The van der Waals surface area contributed by atoms with Gasteiger partial charge in [-0.15, -0.1) is 11.3 Å². The fourth-order valence-corrected chi connectivity index (χ4v) is 4.03. The molecule has 7 heteroatoms. The minimum atomic E-state index is -0.476. The quantitative estimate of drug-likeness (QED) is 0.454. The molecule has 3 rings (SSSR count). The van der Waals surface area contributed by atoms with Crippen LogP contribution in [0, 0.1) is 13.8 Å². The van der Waals surface area contributed by atoms with E-state index in [-0.39, 0.29) is 10.7 Å². The first kappa shape index (κ1) is 17.0. The third-order valence-corrected chi connectivity index (χ3v) is 5.44. The van der Waals surface area contributed by atoms with Gasteiger partial charge in [-0.05, 0) is 77.4 Å². The van der Waals surface area contributed by atoms with Crippen LogP contribution in [-0.2, 0) is 9.59 Å². The van der Waals surface area contributed by atoms with Crippen LogP contribution in [0.15, 0.2) is 39.7 Å². The van der Waals surface area contributed by atoms with Crippen molar-refractivity contribution in [3.63, 3.8) is 0 Å². The Kier molecular flexibility index (Phi) is 4.67. The van der Waals surface area contributed by atoms with Crippen LogP contribution in [0.3, 0.4) is 0 Å². The molecule has 2 amide bonds. The molecule has 1 fully saturated rings. The predicted octanol–water partition coefficient (Wildman–Crippen LogP) is 3.96. The Labute approximate surface area is 157 Å². The molecule has 0 atom stereocenters. The number of nitrogens with one attached hydrogen (secondary N) is 1. The Balaban J connectivity index is 2.06. The van der Waals surface area contributed by atoms with E-state index in [9.17, 15) is 9.59 Å². The minimum absolute atomic E-state index is 0.0684. The van der Waals surface area contributed by atoms with Gasteiger partial charge in [-0.1, -0.05) is 12.1 Å². The average Bonchev–Trinajstić information content (AvgIpc) is 2.92.